The van der Waals surface area contributed by atoms with E-state index in [0.29, 0.717) is 0 Å². The third-order valence-electron chi connectivity index (χ3n) is 1.84. The molecule has 33 heteroatoms. The second kappa shape index (κ2) is 15.9. The number of hydroxylamine groups is 8. The van der Waals surface area contributed by atoms with Crippen molar-refractivity contribution >= 4 is 17.6 Å². The molecule has 0 aliphatic rings. The van der Waals surface area contributed by atoms with Gasteiger partial charge in [0.05, 0.1) is 0 Å². The van der Waals surface area contributed by atoms with E-state index in [9.17, 15) is 105 Å². The first-order chi connectivity index (χ1) is 16.6. The Balaban J connectivity index is -0.000000139. The molecule has 0 heterocycles. The Morgan fingerprint density at radius 3 is 0.268 bits per heavy atom. The summed E-state index contributed by atoms with van der Waals surface area (Å²) in [4.78, 5) is 0. The van der Waals surface area contributed by atoms with E-state index in [2.05, 4.69) is 0 Å². The molecular weight excluding hydrogens is 745 g/mol. The molecule has 0 atom stereocenters. The van der Waals surface area contributed by atoms with Crippen molar-refractivity contribution in [1.29, 1.82) is 0 Å². The van der Waals surface area contributed by atoms with Crippen LogP contribution in [0.25, 0.3) is 0 Å². The van der Waals surface area contributed by atoms with Crippen molar-refractivity contribution in [2.45, 2.75) is 50.4 Å². The molecule has 0 aromatic carbocycles. The van der Waals surface area contributed by atoms with Crippen molar-refractivity contribution in [3.8, 4) is 0 Å². The van der Waals surface area contributed by atoms with E-state index in [1.54, 1.807) is 0 Å². The van der Waals surface area contributed by atoms with Gasteiger partial charge in [0, 0.05) is 0 Å². The maximum atomic E-state index is 10.8. The second-order valence-corrected chi connectivity index (χ2v) is 4.92. The SMILES string of the molecule is [Ge+4].[O-]N(C(F)(F)F)C(F)(F)F.[O-]N(C(F)(F)F)C(F)(F)F.[O-]N(C(F)(F)F)C(F)(F)F.[O-]N(C(F)(F)F)C(F)(F)F. The van der Waals surface area contributed by atoms with E-state index in [4.69, 9.17) is 20.8 Å². The van der Waals surface area contributed by atoms with Crippen molar-refractivity contribution in [2.75, 3.05) is 0 Å². The van der Waals surface area contributed by atoms with Gasteiger partial charge in [-0.05, 0) is 0 Å². The third kappa shape index (κ3) is 23.8. The molecule has 0 amide bonds. The second-order valence-electron chi connectivity index (χ2n) is 4.92. The Labute approximate surface area is 215 Å². The molecule has 41 heavy (non-hydrogen) atoms. The number of halogens is 24. The molecule has 0 saturated heterocycles. The standard InChI is InChI=1S/4C2F6NO.Ge/c4*3-1(4,5)9(10)2(6,7)8;/q4*-1;+4. The summed E-state index contributed by atoms with van der Waals surface area (Å²) >= 11 is 0. The van der Waals surface area contributed by atoms with Gasteiger partial charge in [0.15, 0.2) is 0 Å². The fourth-order valence-corrected chi connectivity index (χ4v) is 0.575. The van der Waals surface area contributed by atoms with Crippen molar-refractivity contribution < 1.29 is 105 Å². The summed E-state index contributed by atoms with van der Waals surface area (Å²) in [5.74, 6) is 0. The maximum absolute atomic E-state index is 10.8. The zero-order valence-corrected chi connectivity index (χ0v) is 19.1. The number of nitrogens with zero attached hydrogens (tertiary/aromatic N) is 4. The summed E-state index contributed by atoms with van der Waals surface area (Å²) in [5, 5.41) is 25.1. The van der Waals surface area contributed by atoms with Crippen LogP contribution in [-0.4, -0.2) is 88.3 Å². The number of rotatable bonds is 0. The van der Waals surface area contributed by atoms with Crippen LogP contribution in [0.5, 0.6) is 0 Å². The molecule has 8 nitrogen and oxygen atoms in total. The Hall–Kier alpha value is -1.46. The van der Waals surface area contributed by atoms with Gasteiger partial charge in [0.2, 0.25) is 0 Å². The molecule has 0 rings (SSSR count). The number of hydrogen-bond donors (Lipinski definition) is 0. The predicted molar refractivity (Wildman–Crippen MR) is 75.0 cm³/mol. The molecule has 0 spiro atoms. The molecule has 0 saturated carbocycles. The quantitative estimate of drug-likeness (QED) is 0.114. The fraction of sp³-hybridized carbons (Fsp3) is 1.00. The Kier molecular flexibility index (Phi) is 19.0. The summed E-state index contributed by atoms with van der Waals surface area (Å²) in [6.45, 7) is 0. The minimum absolute atomic E-state index is 0. The van der Waals surface area contributed by atoms with E-state index in [1.165, 1.54) is 0 Å². The Morgan fingerprint density at radius 2 is 0.268 bits per heavy atom. The monoisotopic (exact) mass is 746 g/mol. The molecule has 0 aromatic heterocycles. The molecular formula is C8F24GeN4O4. The molecule has 0 radical (unpaired) electrons. The topological polar surface area (TPSA) is 105 Å². The normalized spacial score (nSPS) is 14.0. The van der Waals surface area contributed by atoms with Gasteiger partial charge in [0.1, 0.15) is 0 Å². The molecule has 0 aliphatic heterocycles. The Bertz CT molecular complexity index is 526. The van der Waals surface area contributed by atoms with Crippen molar-refractivity contribution in [3.63, 3.8) is 0 Å². The van der Waals surface area contributed by atoms with E-state index in [0.717, 1.165) is 0 Å². The zero-order valence-electron chi connectivity index (χ0n) is 17.0. The number of alkyl halides is 24. The predicted octanol–water partition coefficient (Wildman–Crippen LogP) is 6.92. The van der Waals surface area contributed by atoms with E-state index in [-0.39, 0.29) is 17.6 Å². The van der Waals surface area contributed by atoms with Crippen LogP contribution >= 0.6 is 0 Å². The zero-order chi connectivity index (χ0) is 34.3. The van der Waals surface area contributed by atoms with Crippen molar-refractivity contribution in [3.05, 3.63) is 20.8 Å². The molecule has 0 aromatic rings. The number of hydrogen-bond acceptors (Lipinski definition) is 8. The van der Waals surface area contributed by atoms with E-state index >= 15 is 0 Å². The smallest absolute Gasteiger partial charge is 0.773 e. The van der Waals surface area contributed by atoms with Gasteiger partial charge in [-0.1, -0.05) is 0 Å². The van der Waals surface area contributed by atoms with Gasteiger partial charge in [-0.2, -0.15) is 105 Å². The van der Waals surface area contributed by atoms with Gasteiger partial charge < -0.3 is 20.8 Å². The van der Waals surface area contributed by atoms with E-state index < -0.39 is 70.7 Å². The largest absolute Gasteiger partial charge is 4.00 e. The summed E-state index contributed by atoms with van der Waals surface area (Å²) in [6.07, 6.45) is -47.2. The first kappa shape index (κ1) is 49.2. The minimum atomic E-state index is -5.90. The average molecular weight is 745 g/mol. The first-order valence-corrected chi connectivity index (χ1v) is 7.05. The van der Waals surface area contributed by atoms with Crippen LogP contribution in [0, 0.1) is 20.8 Å². The van der Waals surface area contributed by atoms with Gasteiger partial charge in [-0.25, -0.2) is 20.3 Å². The average Bonchev–Trinajstić information content (AvgIpc) is 2.61. The first-order valence-electron chi connectivity index (χ1n) is 7.05. The van der Waals surface area contributed by atoms with Crippen LogP contribution in [0.15, 0.2) is 0 Å². The molecule has 0 aliphatic carbocycles. The summed E-state index contributed by atoms with van der Waals surface area (Å²) in [7, 11) is 0. The van der Waals surface area contributed by atoms with Crippen LogP contribution in [0.1, 0.15) is 0 Å². The summed E-state index contributed by atoms with van der Waals surface area (Å²) in [6, 6.07) is 0. The summed E-state index contributed by atoms with van der Waals surface area (Å²) < 4.78 is 260. The Morgan fingerprint density at radius 1 is 0.220 bits per heavy atom. The van der Waals surface area contributed by atoms with Crippen LogP contribution in [0.3, 0.4) is 0 Å². The molecule has 0 bridgehead atoms. The minimum Gasteiger partial charge on any atom is -0.773 e. The van der Waals surface area contributed by atoms with E-state index in [1.807, 2.05) is 0 Å². The molecule has 0 fully saturated rings. The fourth-order valence-electron chi connectivity index (χ4n) is 0.575. The van der Waals surface area contributed by atoms with Gasteiger partial charge in [-0.15, -0.1) is 0 Å². The molecule has 0 N–H and O–H groups in total. The molecule has 248 valence electrons. The van der Waals surface area contributed by atoms with Crippen LogP contribution in [0.4, 0.5) is 105 Å². The van der Waals surface area contributed by atoms with Crippen LogP contribution in [-0.2, 0) is 0 Å². The third-order valence-corrected chi connectivity index (χ3v) is 1.84. The van der Waals surface area contributed by atoms with Gasteiger partial charge in [-0.3, -0.25) is 0 Å². The van der Waals surface area contributed by atoms with Crippen molar-refractivity contribution in [1.82, 2.24) is 20.3 Å². The maximum Gasteiger partial charge on any atom is 4.00 e. The van der Waals surface area contributed by atoms with Crippen molar-refractivity contribution in [2.24, 2.45) is 0 Å². The van der Waals surface area contributed by atoms with Gasteiger partial charge in [0.25, 0.3) is 0 Å². The summed E-state index contributed by atoms with van der Waals surface area (Å²) in [5.41, 5.74) is 0. The van der Waals surface area contributed by atoms with Gasteiger partial charge >= 0.3 is 68.0 Å². The van der Waals surface area contributed by atoms with Crippen LogP contribution in [0.2, 0.25) is 0 Å². The molecule has 0 unspecified atom stereocenters. The van der Waals surface area contributed by atoms with Crippen LogP contribution < -0.4 is 0 Å².